The van der Waals surface area contributed by atoms with Gasteiger partial charge in [-0.2, -0.15) is 0 Å². The first-order valence-corrected chi connectivity index (χ1v) is 6.15. The molecule has 0 unspecified atom stereocenters. The molecular formula is C13H21N3O. The molecule has 0 spiro atoms. The predicted molar refractivity (Wildman–Crippen MR) is 69.9 cm³/mol. The third-order valence-corrected chi connectivity index (χ3v) is 3.07. The van der Waals surface area contributed by atoms with Crippen LogP contribution in [0.1, 0.15) is 12.0 Å². The van der Waals surface area contributed by atoms with Gasteiger partial charge in [0.25, 0.3) is 0 Å². The summed E-state index contributed by atoms with van der Waals surface area (Å²) in [6, 6.07) is 1.98. The molecule has 0 aromatic carbocycles. The zero-order valence-corrected chi connectivity index (χ0v) is 10.9. The average molecular weight is 235 g/mol. The topological polar surface area (TPSA) is 28.6 Å². The third-order valence-electron chi connectivity index (χ3n) is 3.07. The number of rotatable bonds is 4. The van der Waals surface area contributed by atoms with Crippen molar-refractivity contribution in [2.24, 2.45) is 0 Å². The SMILES string of the molecule is CN(C)CCOc1ccnc2c1CCCN2C. The summed E-state index contributed by atoms with van der Waals surface area (Å²) in [4.78, 5) is 8.77. The second-order valence-electron chi connectivity index (χ2n) is 4.79. The summed E-state index contributed by atoms with van der Waals surface area (Å²) in [5.74, 6) is 2.09. The maximum absolute atomic E-state index is 5.86. The molecule has 0 bridgehead atoms. The Labute approximate surface area is 103 Å². The van der Waals surface area contributed by atoms with Gasteiger partial charge in [0.05, 0.1) is 0 Å². The van der Waals surface area contributed by atoms with E-state index in [1.807, 2.05) is 12.3 Å². The molecule has 0 atom stereocenters. The van der Waals surface area contributed by atoms with E-state index in [0.717, 1.165) is 37.7 Å². The Morgan fingerprint density at radius 2 is 2.29 bits per heavy atom. The van der Waals surface area contributed by atoms with E-state index in [2.05, 4.69) is 35.9 Å². The maximum Gasteiger partial charge on any atom is 0.135 e. The Morgan fingerprint density at radius 3 is 3.06 bits per heavy atom. The van der Waals surface area contributed by atoms with Crippen LogP contribution in [0, 0.1) is 0 Å². The standard InChI is InChI=1S/C13H21N3O/c1-15(2)9-10-17-12-6-7-14-13-11(12)5-4-8-16(13)3/h6-7H,4-5,8-10H2,1-3H3. The van der Waals surface area contributed by atoms with Crippen molar-refractivity contribution in [2.45, 2.75) is 12.8 Å². The van der Waals surface area contributed by atoms with Crippen LogP contribution in [0.2, 0.25) is 0 Å². The lowest BCUT2D eigenvalue weighted by Gasteiger charge is -2.27. The number of hydrogen-bond donors (Lipinski definition) is 0. The van der Waals surface area contributed by atoms with Crippen LogP contribution in [0.5, 0.6) is 5.75 Å². The van der Waals surface area contributed by atoms with Gasteiger partial charge in [-0.1, -0.05) is 0 Å². The minimum Gasteiger partial charge on any atom is -0.492 e. The van der Waals surface area contributed by atoms with Crippen LogP contribution in [-0.4, -0.2) is 50.7 Å². The van der Waals surface area contributed by atoms with E-state index in [1.165, 1.54) is 12.0 Å². The minimum atomic E-state index is 0.729. The van der Waals surface area contributed by atoms with Crippen LogP contribution in [0.25, 0.3) is 0 Å². The van der Waals surface area contributed by atoms with Crippen LogP contribution >= 0.6 is 0 Å². The molecule has 0 fully saturated rings. The van der Waals surface area contributed by atoms with Gasteiger partial charge in [0.15, 0.2) is 0 Å². The Hall–Kier alpha value is -1.29. The molecule has 4 heteroatoms. The lowest BCUT2D eigenvalue weighted by atomic mass is 10.1. The molecule has 94 valence electrons. The van der Waals surface area contributed by atoms with Crippen LogP contribution in [0.4, 0.5) is 5.82 Å². The van der Waals surface area contributed by atoms with Crippen molar-refractivity contribution in [1.82, 2.24) is 9.88 Å². The van der Waals surface area contributed by atoms with E-state index in [0.29, 0.717) is 0 Å². The normalized spacial score (nSPS) is 14.9. The number of likely N-dealkylation sites (N-methyl/N-ethyl adjacent to an activating group) is 1. The third kappa shape index (κ3) is 2.88. The summed E-state index contributed by atoms with van der Waals surface area (Å²) in [7, 11) is 6.20. The summed E-state index contributed by atoms with van der Waals surface area (Å²) in [6.45, 7) is 2.75. The molecule has 0 aliphatic carbocycles. The Morgan fingerprint density at radius 1 is 1.47 bits per heavy atom. The van der Waals surface area contributed by atoms with Gasteiger partial charge in [0, 0.05) is 31.9 Å². The predicted octanol–water partition coefficient (Wildman–Crippen LogP) is 1.40. The first-order chi connectivity index (χ1) is 8.18. The summed E-state index contributed by atoms with van der Waals surface area (Å²) < 4.78 is 5.86. The number of pyridine rings is 1. The van der Waals surface area contributed by atoms with E-state index in [-0.39, 0.29) is 0 Å². The molecule has 0 saturated heterocycles. The average Bonchev–Trinajstić information content (AvgIpc) is 2.30. The minimum absolute atomic E-state index is 0.729. The molecule has 2 heterocycles. The zero-order valence-electron chi connectivity index (χ0n) is 10.9. The maximum atomic E-state index is 5.86. The Bertz CT molecular complexity index is 379. The molecule has 2 rings (SSSR count). The highest BCUT2D eigenvalue weighted by molar-refractivity contribution is 5.54. The molecule has 0 N–H and O–H groups in total. The molecule has 1 aliphatic rings. The van der Waals surface area contributed by atoms with Gasteiger partial charge < -0.3 is 14.5 Å². The van der Waals surface area contributed by atoms with E-state index in [1.54, 1.807) is 0 Å². The number of aromatic nitrogens is 1. The largest absolute Gasteiger partial charge is 0.492 e. The number of anilines is 1. The van der Waals surface area contributed by atoms with E-state index in [9.17, 15) is 0 Å². The van der Waals surface area contributed by atoms with Crippen molar-refractivity contribution in [2.75, 3.05) is 45.7 Å². The fourth-order valence-electron chi connectivity index (χ4n) is 2.10. The van der Waals surface area contributed by atoms with Gasteiger partial charge in [0.1, 0.15) is 18.2 Å². The van der Waals surface area contributed by atoms with Crippen molar-refractivity contribution < 1.29 is 4.74 Å². The first kappa shape index (κ1) is 12.2. The van der Waals surface area contributed by atoms with Gasteiger partial charge >= 0.3 is 0 Å². The summed E-state index contributed by atoms with van der Waals surface area (Å²) in [5.41, 5.74) is 1.26. The van der Waals surface area contributed by atoms with Gasteiger partial charge in [-0.15, -0.1) is 0 Å². The molecule has 17 heavy (non-hydrogen) atoms. The summed E-state index contributed by atoms with van der Waals surface area (Å²) >= 11 is 0. The smallest absolute Gasteiger partial charge is 0.135 e. The van der Waals surface area contributed by atoms with E-state index >= 15 is 0 Å². The van der Waals surface area contributed by atoms with E-state index < -0.39 is 0 Å². The van der Waals surface area contributed by atoms with Crippen LogP contribution in [0.15, 0.2) is 12.3 Å². The molecule has 0 saturated carbocycles. The fraction of sp³-hybridized carbons (Fsp3) is 0.615. The fourth-order valence-corrected chi connectivity index (χ4v) is 2.10. The lowest BCUT2D eigenvalue weighted by molar-refractivity contribution is 0.259. The lowest BCUT2D eigenvalue weighted by Crippen LogP contribution is -2.26. The number of nitrogens with zero attached hydrogens (tertiary/aromatic N) is 3. The van der Waals surface area contributed by atoms with Gasteiger partial charge in [0.2, 0.25) is 0 Å². The van der Waals surface area contributed by atoms with Gasteiger partial charge in [-0.25, -0.2) is 4.98 Å². The molecular weight excluding hydrogens is 214 g/mol. The van der Waals surface area contributed by atoms with Gasteiger partial charge in [-0.3, -0.25) is 0 Å². The molecule has 1 aromatic heterocycles. The highest BCUT2D eigenvalue weighted by Gasteiger charge is 2.18. The molecule has 1 aliphatic heterocycles. The van der Waals surface area contributed by atoms with Crippen LogP contribution in [0.3, 0.4) is 0 Å². The summed E-state index contributed by atoms with van der Waals surface area (Å²) in [6.07, 6.45) is 4.09. The highest BCUT2D eigenvalue weighted by Crippen LogP contribution is 2.31. The molecule has 4 nitrogen and oxygen atoms in total. The monoisotopic (exact) mass is 235 g/mol. The van der Waals surface area contributed by atoms with Crippen molar-refractivity contribution in [3.8, 4) is 5.75 Å². The molecule has 0 amide bonds. The first-order valence-electron chi connectivity index (χ1n) is 6.15. The van der Waals surface area contributed by atoms with E-state index in [4.69, 9.17) is 4.74 Å². The van der Waals surface area contributed by atoms with Crippen molar-refractivity contribution >= 4 is 5.82 Å². The number of hydrogen-bond acceptors (Lipinski definition) is 4. The molecule has 1 aromatic rings. The van der Waals surface area contributed by atoms with Crippen LogP contribution in [-0.2, 0) is 6.42 Å². The Kier molecular flexibility index (Phi) is 3.84. The van der Waals surface area contributed by atoms with Crippen LogP contribution < -0.4 is 9.64 Å². The summed E-state index contributed by atoms with van der Waals surface area (Å²) in [5, 5.41) is 0. The van der Waals surface area contributed by atoms with Crippen molar-refractivity contribution in [1.29, 1.82) is 0 Å². The molecule has 0 radical (unpaired) electrons. The van der Waals surface area contributed by atoms with Crippen molar-refractivity contribution in [3.05, 3.63) is 17.8 Å². The number of ether oxygens (including phenoxy) is 1. The zero-order chi connectivity index (χ0) is 12.3. The highest BCUT2D eigenvalue weighted by atomic mass is 16.5. The second kappa shape index (κ2) is 5.36. The Balaban J connectivity index is 2.09. The van der Waals surface area contributed by atoms with Gasteiger partial charge in [-0.05, 0) is 33.0 Å². The quantitative estimate of drug-likeness (QED) is 0.789. The number of fused-ring (bicyclic) bond motifs is 1. The van der Waals surface area contributed by atoms with Crippen molar-refractivity contribution in [3.63, 3.8) is 0 Å². The second-order valence-corrected chi connectivity index (χ2v) is 4.79.